The van der Waals surface area contributed by atoms with Crippen LogP contribution in [0, 0.1) is 10.1 Å². The van der Waals surface area contributed by atoms with Crippen LogP contribution in [0.15, 0.2) is 83.8 Å². The number of nitrogens with one attached hydrogen (secondary N) is 3. The molecule has 0 unspecified atom stereocenters. The minimum atomic E-state index is -3.69. The molecule has 3 aromatic carbocycles. The molecule has 3 aromatic rings. The van der Waals surface area contributed by atoms with Gasteiger partial charge in [-0.3, -0.25) is 19.6 Å². The maximum absolute atomic E-state index is 12.3. The fourth-order valence-corrected chi connectivity index (χ4v) is 3.77. The summed E-state index contributed by atoms with van der Waals surface area (Å²) in [6, 6.07) is 20.1. The van der Waals surface area contributed by atoms with Gasteiger partial charge in [0.15, 0.2) is 0 Å². The van der Waals surface area contributed by atoms with Gasteiger partial charge < -0.3 is 10.6 Å². The molecule has 0 bridgehead atoms. The second-order valence-electron chi connectivity index (χ2n) is 6.48. The average molecular weight is 440 g/mol. The molecule has 0 atom stereocenters. The third-order valence-electron chi connectivity index (χ3n) is 4.27. The number of nitro groups is 1. The van der Waals surface area contributed by atoms with Crippen molar-refractivity contribution in [2.75, 3.05) is 23.1 Å². The van der Waals surface area contributed by atoms with Crippen LogP contribution < -0.4 is 15.4 Å². The van der Waals surface area contributed by atoms with Gasteiger partial charge in [0.05, 0.1) is 9.82 Å². The van der Waals surface area contributed by atoms with Crippen molar-refractivity contribution in [3.8, 4) is 0 Å². The molecule has 0 aliphatic carbocycles. The number of nitrogens with zero attached hydrogens (tertiary/aromatic N) is 1. The number of carbonyl (C=O) groups excluding carboxylic acids is 1. The van der Waals surface area contributed by atoms with Crippen molar-refractivity contribution >= 4 is 33.0 Å². The van der Waals surface area contributed by atoms with E-state index in [1.165, 1.54) is 48.5 Å². The van der Waals surface area contributed by atoms with E-state index in [2.05, 4.69) is 15.4 Å². The van der Waals surface area contributed by atoms with Crippen LogP contribution in [-0.2, 0) is 10.0 Å². The van der Waals surface area contributed by atoms with Gasteiger partial charge in [-0.25, -0.2) is 8.42 Å². The Bertz CT molecular complexity index is 1150. The molecule has 0 radical (unpaired) electrons. The van der Waals surface area contributed by atoms with E-state index < -0.39 is 14.9 Å². The van der Waals surface area contributed by atoms with Crippen LogP contribution >= 0.6 is 0 Å². The Morgan fingerprint density at radius 2 is 1.45 bits per heavy atom. The third-order valence-corrected chi connectivity index (χ3v) is 5.67. The quantitative estimate of drug-likeness (QED) is 0.266. The van der Waals surface area contributed by atoms with Gasteiger partial charge in [-0.2, -0.15) is 0 Å². The smallest absolute Gasteiger partial charge is 0.269 e. The van der Waals surface area contributed by atoms with E-state index in [0.717, 1.165) is 0 Å². The highest BCUT2D eigenvalue weighted by atomic mass is 32.2. The minimum absolute atomic E-state index is 0.00774. The fourth-order valence-electron chi connectivity index (χ4n) is 2.69. The first-order chi connectivity index (χ1) is 14.8. The largest absolute Gasteiger partial charge is 0.383 e. The summed E-state index contributed by atoms with van der Waals surface area (Å²) in [7, 11) is -3.69. The molecule has 9 nitrogen and oxygen atoms in total. The van der Waals surface area contributed by atoms with Crippen LogP contribution in [0.3, 0.4) is 0 Å². The number of hydrogen-bond acceptors (Lipinski definition) is 6. The molecule has 0 aliphatic rings. The molecule has 0 saturated carbocycles. The van der Waals surface area contributed by atoms with Crippen molar-refractivity contribution in [2.24, 2.45) is 0 Å². The molecule has 0 aromatic heterocycles. The Kier molecular flexibility index (Phi) is 6.83. The van der Waals surface area contributed by atoms with Gasteiger partial charge in [0, 0.05) is 42.2 Å². The van der Waals surface area contributed by atoms with Crippen molar-refractivity contribution < 1.29 is 18.1 Å². The van der Waals surface area contributed by atoms with Crippen LogP contribution in [-0.4, -0.2) is 32.3 Å². The van der Waals surface area contributed by atoms with E-state index in [1.54, 1.807) is 30.3 Å². The highest BCUT2D eigenvalue weighted by Crippen LogP contribution is 2.17. The normalized spacial score (nSPS) is 10.8. The monoisotopic (exact) mass is 440 g/mol. The Labute approximate surface area is 179 Å². The van der Waals surface area contributed by atoms with Gasteiger partial charge in [-0.1, -0.05) is 18.2 Å². The second-order valence-corrected chi connectivity index (χ2v) is 8.16. The Morgan fingerprint density at radius 1 is 0.839 bits per heavy atom. The Hall–Kier alpha value is -3.92. The summed E-state index contributed by atoms with van der Waals surface area (Å²) in [5, 5.41) is 16.4. The van der Waals surface area contributed by atoms with Crippen LogP contribution in [0.5, 0.6) is 0 Å². The maximum Gasteiger partial charge on any atom is 0.269 e. The predicted molar refractivity (Wildman–Crippen MR) is 118 cm³/mol. The lowest BCUT2D eigenvalue weighted by molar-refractivity contribution is -0.384. The van der Waals surface area contributed by atoms with Crippen molar-refractivity contribution in [1.29, 1.82) is 0 Å². The van der Waals surface area contributed by atoms with E-state index in [-0.39, 0.29) is 16.5 Å². The van der Waals surface area contributed by atoms with Gasteiger partial charge >= 0.3 is 0 Å². The summed E-state index contributed by atoms with van der Waals surface area (Å²) in [5.41, 5.74) is 1.45. The van der Waals surface area contributed by atoms with E-state index in [4.69, 9.17) is 0 Å². The number of carbonyl (C=O) groups is 1. The number of sulfonamides is 1. The zero-order chi connectivity index (χ0) is 22.3. The maximum atomic E-state index is 12.3. The SMILES string of the molecule is O=C(NCCNc1ccc([N+](=O)[O-])cc1)c1ccc(NS(=O)(=O)c2ccccc2)cc1. The van der Waals surface area contributed by atoms with Gasteiger partial charge in [-0.05, 0) is 48.5 Å². The lowest BCUT2D eigenvalue weighted by Crippen LogP contribution is -2.28. The number of benzene rings is 3. The Morgan fingerprint density at radius 3 is 2.06 bits per heavy atom. The van der Waals surface area contributed by atoms with E-state index in [9.17, 15) is 23.3 Å². The molecule has 31 heavy (non-hydrogen) atoms. The van der Waals surface area contributed by atoms with Crippen molar-refractivity contribution in [3.05, 3.63) is 94.5 Å². The molecule has 10 heteroatoms. The highest BCUT2D eigenvalue weighted by molar-refractivity contribution is 7.92. The molecule has 3 N–H and O–H groups in total. The summed E-state index contributed by atoms with van der Waals surface area (Å²) in [5.74, 6) is -0.303. The lowest BCUT2D eigenvalue weighted by atomic mass is 10.2. The molecule has 0 spiro atoms. The average Bonchev–Trinajstić information content (AvgIpc) is 2.78. The van der Waals surface area contributed by atoms with Crippen LogP contribution in [0.4, 0.5) is 17.1 Å². The first-order valence-corrected chi connectivity index (χ1v) is 10.8. The molecule has 160 valence electrons. The third kappa shape index (κ3) is 6.03. The molecule has 0 heterocycles. The number of rotatable bonds is 9. The van der Waals surface area contributed by atoms with Crippen molar-refractivity contribution in [2.45, 2.75) is 4.90 Å². The van der Waals surface area contributed by atoms with Crippen LogP contribution in [0.25, 0.3) is 0 Å². The van der Waals surface area contributed by atoms with E-state index in [1.807, 2.05) is 0 Å². The minimum Gasteiger partial charge on any atom is -0.383 e. The second kappa shape index (κ2) is 9.72. The number of non-ortho nitro benzene ring substituents is 1. The fraction of sp³-hybridized carbons (Fsp3) is 0.0952. The zero-order valence-corrected chi connectivity index (χ0v) is 17.1. The van der Waals surface area contributed by atoms with Crippen molar-refractivity contribution in [1.82, 2.24) is 5.32 Å². The predicted octanol–water partition coefficient (Wildman–Crippen LogP) is 3.24. The summed E-state index contributed by atoms with van der Waals surface area (Å²) in [4.78, 5) is 22.6. The summed E-state index contributed by atoms with van der Waals surface area (Å²) in [6.45, 7) is 0.761. The molecule has 0 fully saturated rings. The van der Waals surface area contributed by atoms with Crippen molar-refractivity contribution in [3.63, 3.8) is 0 Å². The standard InChI is InChI=1S/C21H20N4O5S/c26-21(23-15-14-22-17-10-12-19(13-11-17)25(27)28)16-6-8-18(9-7-16)24-31(29,30)20-4-2-1-3-5-20/h1-13,22,24H,14-15H2,(H,23,26). The summed E-state index contributed by atoms with van der Waals surface area (Å²) < 4.78 is 27.1. The lowest BCUT2D eigenvalue weighted by Gasteiger charge is -2.10. The van der Waals surface area contributed by atoms with Gasteiger partial charge in [-0.15, -0.1) is 0 Å². The number of amides is 1. The molecule has 0 aliphatic heterocycles. The first kappa shape index (κ1) is 21.8. The molecule has 1 amide bonds. The summed E-state index contributed by atoms with van der Waals surface area (Å²) in [6.07, 6.45) is 0. The topological polar surface area (TPSA) is 130 Å². The van der Waals surface area contributed by atoms with Gasteiger partial charge in [0.2, 0.25) is 0 Å². The van der Waals surface area contributed by atoms with Gasteiger partial charge in [0.25, 0.3) is 21.6 Å². The zero-order valence-electron chi connectivity index (χ0n) is 16.3. The molecular weight excluding hydrogens is 420 g/mol. The summed E-state index contributed by atoms with van der Waals surface area (Å²) >= 11 is 0. The first-order valence-electron chi connectivity index (χ1n) is 9.29. The van der Waals surface area contributed by atoms with E-state index >= 15 is 0 Å². The molecule has 3 rings (SSSR count). The van der Waals surface area contributed by atoms with Gasteiger partial charge in [0.1, 0.15) is 0 Å². The number of anilines is 2. The number of hydrogen-bond donors (Lipinski definition) is 3. The van der Waals surface area contributed by atoms with Crippen LogP contribution in [0.2, 0.25) is 0 Å². The number of nitro benzene ring substituents is 1. The van der Waals surface area contributed by atoms with Crippen LogP contribution in [0.1, 0.15) is 10.4 Å². The van der Waals surface area contributed by atoms with E-state index in [0.29, 0.717) is 30.0 Å². The highest BCUT2D eigenvalue weighted by Gasteiger charge is 2.14. The molecule has 0 saturated heterocycles. The Balaban J connectivity index is 1.48. The molecular formula is C21H20N4O5S.